The van der Waals surface area contributed by atoms with Gasteiger partial charge in [0.25, 0.3) is 11.5 Å². The quantitative estimate of drug-likeness (QED) is 0.520. The maximum absolute atomic E-state index is 12.2. The normalized spacial score (nSPS) is 10.7. The third-order valence-electron chi connectivity index (χ3n) is 3.59. The Hall–Kier alpha value is -3.27. The lowest BCUT2D eigenvalue weighted by Gasteiger charge is -2.16. The molecule has 1 amide bonds. The lowest BCUT2D eigenvalue weighted by atomic mass is 10.3. The monoisotopic (exact) mass is 374 g/mol. The van der Waals surface area contributed by atoms with Crippen LogP contribution in [0.15, 0.2) is 40.5 Å². The van der Waals surface area contributed by atoms with Crippen LogP contribution in [0.25, 0.3) is 10.2 Å². The van der Waals surface area contributed by atoms with E-state index < -0.39 is 10.8 Å². The Morgan fingerprint density at radius 2 is 2.15 bits per heavy atom. The number of fused-ring (bicyclic) bond motifs is 1. The number of nitro groups is 1. The van der Waals surface area contributed by atoms with E-state index in [4.69, 9.17) is 4.74 Å². The molecule has 0 saturated carbocycles. The largest absolute Gasteiger partial charge is 0.477 e. The van der Waals surface area contributed by atoms with Crippen LogP contribution in [0.4, 0.5) is 5.69 Å². The average molecular weight is 374 g/mol. The van der Waals surface area contributed by atoms with Crippen molar-refractivity contribution in [2.24, 2.45) is 0 Å². The fourth-order valence-electron chi connectivity index (χ4n) is 2.29. The minimum Gasteiger partial charge on any atom is -0.477 e. The number of hydrogen-bond acceptors (Lipinski definition) is 7. The second kappa shape index (κ2) is 7.31. The lowest BCUT2D eigenvalue weighted by Crippen LogP contribution is -2.32. The summed E-state index contributed by atoms with van der Waals surface area (Å²) in [4.78, 5) is 42.8. The van der Waals surface area contributed by atoms with E-state index in [-0.39, 0.29) is 30.1 Å². The number of H-pyrrole nitrogens is 1. The standard InChI is InChI=1S/C16H14N4O5S/c1-19(8-13-17-10-6-7-26-15(10)16(22)18-13)14(21)9-25-12-5-3-2-4-11(12)20(23)24/h2-7H,8-9H2,1H3,(H,17,18,22). The molecule has 0 fully saturated rings. The van der Waals surface area contributed by atoms with Crippen LogP contribution in [-0.2, 0) is 11.3 Å². The van der Waals surface area contributed by atoms with E-state index in [2.05, 4.69) is 9.97 Å². The smallest absolute Gasteiger partial charge is 0.310 e. The first-order chi connectivity index (χ1) is 12.5. The van der Waals surface area contributed by atoms with Gasteiger partial charge >= 0.3 is 5.69 Å². The predicted octanol–water partition coefficient (Wildman–Crippen LogP) is 1.93. The number of thiophene rings is 1. The van der Waals surface area contributed by atoms with Crippen LogP contribution in [-0.4, -0.2) is 39.4 Å². The molecule has 2 aromatic heterocycles. The Labute approximate surface area is 151 Å². The van der Waals surface area contributed by atoms with E-state index in [0.717, 1.165) is 0 Å². The molecule has 0 spiro atoms. The zero-order valence-corrected chi connectivity index (χ0v) is 14.5. The lowest BCUT2D eigenvalue weighted by molar-refractivity contribution is -0.385. The van der Waals surface area contributed by atoms with Gasteiger partial charge in [-0.1, -0.05) is 12.1 Å². The molecule has 0 aliphatic carbocycles. The van der Waals surface area contributed by atoms with Gasteiger partial charge in [-0.05, 0) is 17.5 Å². The first-order valence-electron chi connectivity index (χ1n) is 7.52. The molecule has 1 N–H and O–H groups in total. The van der Waals surface area contributed by atoms with Gasteiger partial charge in [0, 0.05) is 13.1 Å². The van der Waals surface area contributed by atoms with Crippen molar-refractivity contribution in [2.45, 2.75) is 6.54 Å². The summed E-state index contributed by atoms with van der Waals surface area (Å²) in [6.07, 6.45) is 0. The van der Waals surface area contributed by atoms with Crippen molar-refractivity contribution >= 4 is 33.1 Å². The Kier molecular flexibility index (Phi) is 4.94. The van der Waals surface area contributed by atoms with Crippen LogP contribution in [0, 0.1) is 10.1 Å². The number of hydrogen-bond donors (Lipinski definition) is 1. The molecule has 0 atom stereocenters. The van der Waals surface area contributed by atoms with Gasteiger partial charge in [0.1, 0.15) is 10.5 Å². The number of nitrogens with one attached hydrogen (secondary N) is 1. The van der Waals surface area contributed by atoms with Crippen LogP contribution in [0.2, 0.25) is 0 Å². The van der Waals surface area contributed by atoms with Crippen LogP contribution in [0.5, 0.6) is 5.75 Å². The summed E-state index contributed by atoms with van der Waals surface area (Å²) >= 11 is 1.30. The van der Waals surface area contributed by atoms with Crippen molar-refractivity contribution in [3.63, 3.8) is 0 Å². The number of aromatic nitrogens is 2. The topological polar surface area (TPSA) is 118 Å². The number of likely N-dealkylation sites (N-methyl/N-ethyl adjacent to an activating group) is 1. The third-order valence-corrected chi connectivity index (χ3v) is 4.49. The van der Waals surface area contributed by atoms with Crippen LogP contribution < -0.4 is 10.3 Å². The summed E-state index contributed by atoms with van der Waals surface area (Å²) in [5.74, 6) is -0.0378. The van der Waals surface area contributed by atoms with E-state index in [1.165, 1.54) is 41.5 Å². The van der Waals surface area contributed by atoms with Gasteiger partial charge in [-0.2, -0.15) is 0 Å². The number of para-hydroxylation sites is 2. The third kappa shape index (κ3) is 3.70. The van der Waals surface area contributed by atoms with Crippen molar-refractivity contribution in [3.8, 4) is 5.75 Å². The van der Waals surface area contributed by atoms with Crippen molar-refractivity contribution in [3.05, 3.63) is 62.0 Å². The van der Waals surface area contributed by atoms with Gasteiger partial charge in [-0.25, -0.2) is 4.98 Å². The SMILES string of the molecule is CN(Cc1nc2ccsc2c(=O)[nH]1)C(=O)COc1ccccc1[N+](=O)[O-]. The fourth-order valence-corrected chi connectivity index (χ4v) is 3.01. The van der Waals surface area contributed by atoms with Crippen LogP contribution >= 0.6 is 11.3 Å². The highest BCUT2D eigenvalue weighted by Gasteiger charge is 2.17. The first-order valence-corrected chi connectivity index (χ1v) is 8.40. The molecule has 0 aliphatic heterocycles. The van der Waals surface area contributed by atoms with Crippen molar-refractivity contribution in [1.29, 1.82) is 0 Å². The second-order valence-corrected chi connectivity index (χ2v) is 6.33. The summed E-state index contributed by atoms with van der Waals surface area (Å²) in [6.45, 7) is -0.285. The van der Waals surface area contributed by atoms with Crippen LogP contribution in [0.1, 0.15) is 5.82 Å². The maximum atomic E-state index is 12.2. The number of nitrogens with zero attached hydrogens (tertiary/aromatic N) is 3. The molecular formula is C16H14N4O5S. The summed E-state index contributed by atoms with van der Waals surface area (Å²) < 4.78 is 5.81. The molecule has 0 aliphatic rings. The number of nitro benzene ring substituents is 1. The van der Waals surface area contributed by atoms with Crippen molar-refractivity contribution in [1.82, 2.24) is 14.9 Å². The maximum Gasteiger partial charge on any atom is 0.310 e. The van der Waals surface area contributed by atoms with Crippen molar-refractivity contribution < 1.29 is 14.5 Å². The zero-order valence-electron chi connectivity index (χ0n) is 13.7. The van der Waals surface area contributed by atoms with Gasteiger partial charge in [0.2, 0.25) is 0 Å². The average Bonchev–Trinajstić information content (AvgIpc) is 3.08. The van der Waals surface area contributed by atoms with Gasteiger partial charge < -0.3 is 14.6 Å². The molecular weight excluding hydrogens is 360 g/mol. The summed E-state index contributed by atoms with van der Waals surface area (Å²) in [5.41, 5.74) is 0.111. The summed E-state index contributed by atoms with van der Waals surface area (Å²) in [7, 11) is 1.53. The molecule has 2 heterocycles. The Balaban J connectivity index is 1.66. The number of amides is 1. The Morgan fingerprint density at radius 3 is 2.92 bits per heavy atom. The molecule has 9 nitrogen and oxygen atoms in total. The van der Waals surface area contributed by atoms with E-state index in [0.29, 0.717) is 16.0 Å². The van der Waals surface area contributed by atoms with E-state index in [1.54, 1.807) is 17.5 Å². The summed E-state index contributed by atoms with van der Waals surface area (Å²) in [6, 6.07) is 7.56. The highest BCUT2D eigenvalue weighted by molar-refractivity contribution is 7.17. The molecule has 26 heavy (non-hydrogen) atoms. The van der Waals surface area contributed by atoms with Gasteiger partial charge in [0.15, 0.2) is 12.4 Å². The van der Waals surface area contributed by atoms with Crippen molar-refractivity contribution in [2.75, 3.05) is 13.7 Å². The molecule has 0 radical (unpaired) electrons. The minimum absolute atomic E-state index is 0.0190. The number of rotatable bonds is 6. The molecule has 3 rings (SSSR count). The molecule has 0 bridgehead atoms. The highest BCUT2D eigenvalue weighted by atomic mass is 32.1. The molecule has 134 valence electrons. The highest BCUT2D eigenvalue weighted by Crippen LogP contribution is 2.25. The fraction of sp³-hybridized carbons (Fsp3) is 0.188. The second-order valence-electron chi connectivity index (χ2n) is 5.41. The van der Waals surface area contributed by atoms with E-state index in [9.17, 15) is 19.7 Å². The summed E-state index contributed by atoms with van der Waals surface area (Å²) in [5, 5.41) is 12.7. The first kappa shape index (κ1) is 17.5. The number of aromatic amines is 1. The van der Waals surface area contributed by atoms with Gasteiger partial charge in [-0.15, -0.1) is 11.3 Å². The Morgan fingerprint density at radius 1 is 1.38 bits per heavy atom. The molecule has 0 unspecified atom stereocenters. The molecule has 10 heteroatoms. The predicted molar refractivity (Wildman–Crippen MR) is 95.3 cm³/mol. The van der Waals surface area contributed by atoms with Gasteiger partial charge in [0.05, 0.1) is 17.0 Å². The number of ether oxygens (including phenoxy) is 1. The van der Waals surface area contributed by atoms with E-state index >= 15 is 0 Å². The Bertz CT molecular complexity index is 1030. The molecule has 3 aromatic rings. The molecule has 1 aromatic carbocycles. The number of benzene rings is 1. The molecule has 0 saturated heterocycles. The van der Waals surface area contributed by atoms with Crippen LogP contribution in [0.3, 0.4) is 0 Å². The number of carbonyl (C=O) groups excluding carboxylic acids is 1. The van der Waals surface area contributed by atoms with E-state index in [1.807, 2.05) is 0 Å². The minimum atomic E-state index is -0.575. The van der Waals surface area contributed by atoms with Gasteiger partial charge in [-0.3, -0.25) is 19.7 Å². The number of carbonyl (C=O) groups is 1. The zero-order chi connectivity index (χ0) is 18.7.